The summed E-state index contributed by atoms with van der Waals surface area (Å²) in [7, 11) is -3.78. The van der Waals surface area contributed by atoms with E-state index in [0.717, 1.165) is 4.96 Å². The molecule has 0 aliphatic heterocycles. The number of hydrogen-bond acceptors (Lipinski definition) is 4. The lowest BCUT2D eigenvalue weighted by molar-refractivity contribution is 0.600. The second-order valence-electron chi connectivity index (χ2n) is 5.73. The highest BCUT2D eigenvalue weighted by molar-refractivity contribution is 7.92. The van der Waals surface area contributed by atoms with Gasteiger partial charge in [0.2, 0.25) is 0 Å². The maximum Gasteiger partial charge on any atom is 0.262 e. The fourth-order valence-corrected chi connectivity index (χ4v) is 5.01. The van der Waals surface area contributed by atoms with Gasteiger partial charge in [0.25, 0.3) is 10.0 Å². The Hall–Kier alpha value is -2.35. The summed E-state index contributed by atoms with van der Waals surface area (Å²) < 4.78 is 30.4. The van der Waals surface area contributed by atoms with Crippen molar-refractivity contribution >= 4 is 43.6 Å². The van der Waals surface area contributed by atoms with E-state index in [4.69, 9.17) is 11.6 Å². The number of aromatic nitrogens is 2. The topological polar surface area (TPSA) is 63.5 Å². The molecule has 0 bridgehead atoms. The molecular weight excluding hydrogens is 390 g/mol. The SMILES string of the molecule is Cc1c(Cl)cccc1S(=O)(=O)Nc1ccccc1-c1cn2ccsc2n1. The molecule has 0 aliphatic carbocycles. The summed E-state index contributed by atoms with van der Waals surface area (Å²) in [6.07, 6.45) is 3.79. The molecule has 0 spiro atoms. The van der Waals surface area contributed by atoms with Crippen molar-refractivity contribution in [3.8, 4) is 11.3 Å². The third kappa shape index (κ3) is 2.98. The van der Waals surface area contributed by atoms with Crippen molar-refractivity contribution in [3.05, 3.63) is 70.8 Å². The molecule has 0 aliphatic rings. The van der Waals surface area contributed by atoms with Crippen LogP contribution in [-0.4, -0.2) is 17.8 Å². The summed E-state index contributed by atoms with van der Waals surface area (Å²) in [5.74, 6) is 0. The zero-order chi connectivity index (χ0) is 18.3. The van der Waals surface area contributed by atoms with Crippen LogP contribution >= 0.6 is 22.9 Å². The van der Waals surface area contributed by atoms with E-state index < -0.39 is 10.0 Å². The fraction of sp³-hybridized carbons (Fsp3) is 0.0556. The van der Waals surface area contributed by atoms with E-state index in [2.05, 4.69) is 9.71 Å². The zero-order valence-electron chi connectivity index (χ0n) is 13.7. The first-order valence-electron chi connectivity index (χ1n) is 7.75. The number of anilines is 1. The van der Waals surface area contributed by atoms with Crippen LogP contribution in [0.1, 0.15) is 5.56 Å². The fourth-order valence-electron chi connectivity index (χ4n) is 2.73. The first-order valence-corrected chi connectivity index (χ1v) is 10.5. The number of para-hydroxylation sites is 1. The average molecular weight is 404 g/mol. The molecule has 4 rings (SSSR count). The summed E-state index contributed by atoms with van der Waals surface area (Å²) in [5.41, 5.74) is 2.41. The number of halogens is 1. The first kappa shape index (κ1) is 17.1. The van der Waals surface area contributed by atoms with Gasteiger partial charge < -0.3 is 0 Å². The van der Waals surface area contributed by atoms with Crippen LogP contribution < -0.4 is 4.72 Å². The second-order valence-corrected chi connectivity index (χ2v) is 8.66. The minimum absolute atomic E-state index is 0.158. The summed E-state index contributed by atoms with van der Waals surface area (Å²) in [6.45, 7) is 1.69. The van der Waals surface area contributed by atoms with Crippen LogP contribution in [0, 0.1) is 6.92 Å². The smallest absolute Gasteiger partial charge is 0.262 e. The first-order chi connectivity index (χ1) is 12.5. The molecule has 2 heterocycles. The number of sulfonamides is 1. The van der Waals surface area contributed by atoms with Crippen molar-refractivity contribution in [2.75, 3.05) is 4.72 Å². The molecule has 0 amide bonds. The Labute approximate surface area is 160 Å². The van der Waals surface area contributed by atoms with Crippen LogP contribution in [0.3, 0.4) is 0 Å². The molecule has 4 aromatic rings. The van der Waals surface area contributed by atoms with Gasteiger partial charge in [0.15, 0.2) is 4.96 Å². The lowest BCUT2D eigenvalue weighted by Gasteiger charge is -2.13. The van der Waals surface area contributed by atoms with E-state index >= 15 is 0 Å². The van der Waals surface area contributed by atoms with Gasteiger partial charge in [-0.25, -0.2) is 13.4 Å². The van der Waals surface area contributed by atoms with Crippen molar-refractivity contribution in [3.63, 3.8) is 0 Å². The van der Waals surface area contributed by atoms with Crippen molar-refractivity contribution in [2.24, 2.45) is 0 Å². The Bertz CT molecular complexity index is 1180. The van der Waals surface area contributed by atoms with Gasteiger partial charge in [-0.2, -0.15) is 0 Å². The molecule has 0 saturated carbocycles. The quantitative estimate of drug-likeness (QED) is 0.531. The number of benzene rings is 2. The minimum atomic E-state index is -3.78. The lowest BCUT2D eigenvalue weighted by Crippen LogP contribution is -2.15. The molecule has 132 valence electrons. The van der Waals surface area contributed by atoms with E-state index in [1.807, 2.05) is 34.3 Å². The molecule has 1 N–H and O–H groups in total. The summed E-state index contributed by atoms with van der Waals surface area (Å²) in [5, 5.41) is 2.36. The van der Waals surface area contributed by atoms with Gasteiger partial charge in [-0.15, -0.1) is 11.3 Å². The molecule has 2 aromatic heterocycles. The highest BCUT2D eigenvalue weighted by Crippen LogP contribution is 2.31. The molecule has 0 atom stereocenters. The van der Waals surface area contributed by atoms with E-state index in [1.54, 1.807) is 37.3 Å². The average Bonchev–Trinajstić information content (AvgIpc) is 3.19. The monoisotopic (exact) mass is 403 g/mol. The van der Waals surface area contributed by atoms with Gasteiger partial charge >= 0.3 is 0 Å². The Kier molecular flexibility index (Phi) is 4.22. The Morgan fingerprint density at radius 1 is 1.15 bits per heavy atom. The van der Waals surface area contributed by atoms with Crippen LogP contribution in [0.2, 0.25) is 5.02 Å². The third-order valence-electron chi connectivity index (χ3n) is 4.05. The Morgan fingerprint density at radius 3 is 2.77 bits per heavy atom. The molecule has 5 nitrogen and oxygen atoms in total. The standard InChI is InChI=1S/C18H14ClN3O2S2/c1-12-14(19)6-4-8-17(12)26(23,24)21-15-7-3-2-5-13(15)16-11-22-9-10-25-18(22)20-16/h2-11,21H,1H3. The van der Waals surface area contributed by atoms with E-state index in [1.165, 1.54) is 11.3 Å². The van der Waals surface area contributed by atoms with Gasteiger partial charge in [0.05, 0.1) is 16.3 Å². The number of rotatable bonds is 4. The summed E-state index contributed by atoms with van der Waals surface area (Å²) in [6, 6.07) is 12.0. The zero-order valence-corrected chi connectivity index (χ0v) is 16.1. The van der Waals surface area contributed by atoms with Crippen molar-refractivity contribution < 1.29 is 8.42 Å². The summed E-state index contributed by atoms with van der Waals surface area (Å²) in [4.78, 5) is 5.57. The number of imidazole rings is 1. The van der Waals surface area contributed by atoms with Gasteiger partial charge in [-0.05, 0) is 30.7 Å². The van der Waals surface area contributed by atoms with Crippen LogP contribution in [0.15, 0.2) is 65.1 Å². The maximum atomic E-state index is 12.9. The van der Waals surface area contributed by atoms with Crippen molar-refractivity contribution in [2.45, 2.75) is 11.8 Å². The molecular formula is C18H14ClN3O2S2. The van der Waals surface area contributed by atoms with Crippen molar-refractivity contribution in [1.82, 2.24) is 9.38 Å². The number of nitrogens with zero attached hydrogens (tertiary/aromatic N) is 2. The maximum absolute atomic E-state index is 12.9. The molecule has 2 aromatic carbocycles. The number of fused-ring (bicyclic) bond motifs is 1. The van der Waals surface area contributed by atoms with Gasteiger partial charge in [-0.3, -0.25) is 9.12 Å². The largest absolute Gasteiger partial charge is 0.297 e. The minimum Gasteiger partial charge on any atom is -0.297 e. The molecule has 26 heavy (non-hydrogen) atoms. The number of nitrogens with one attached hydrogen (secondary N) is 1. The predicted molar refractivity (Wildman–Crippen MR) is 106 cm³/mol. The lowest BCUT2D eigenvalue weighted by atomic mass is 10.1. The van der Waals surface area contributed by atoms with Gasteiger partial charge in [0, 0.05) is 28.4 Å². The van der Waals surface area contributed by atoms with Gasteiger partial charge in [0.1, 0.15) is 0 Å². The van der Waals surface area contributed by atoms with E-state index in [-0.39, 0.29) is 4.90 Å². The van der Waals surface area contributed by atoms with Crippen LogP contribution in [0.4, 0.5) is 5.69 Å². The Morgan fingerprint density at radius 2 is 1.96 bits per heavy atom. The highest BCUT2D eigenvalue weighted by Gasteiger charge is 2.20. The van der Waals surface area contributed by atoms with E-state index in [0.29, 0.717) is 27.5 Å². The van der Waals surface area contributed by atoms with Gasteiger partial charge in [-0.1, -0.05) is 35.9 Å². The third-order valence-corrected chi connectivity index (χ3v) is 6.74. The van der Waals surface area contributed by atoms with Crippen molar-refractivity contribution in [1.29, 1.82) is 0 Å². The van der Waals surface area contributed by atoms with Crippen LogP contribution in [0.25, 0.3) is 16.2 Å². The molecule has 0 radical (unpaired) electrons. The molecule has 0 unspecified atom stereocenters. The normalized spacial score (nSPS) is 11.8. The number of hydrogen-bond donors (Lipinski definition) is 1. The molecule has 8 heteroatoms. The number of thiazole rings is 1. The predicted octanol–water partition coefficient (Wildman–Crippen LogP) is 4.83. The Balaban J connectivity index is 1.77. The highest BCUT2D eigenvalue weighted by atomic mass is 35.5. The molecule has 0 fully saturated rings. The van der Waals surface area contributed by atoms with Crippen LogP contribution in [0.5, 0.6) is 0 Å². The van der Waals surface area contributed by atoms with E-state index in [9.17, 15) is 8.42 Å². The molecule has 0 saturated heterocycles. The summed E-state index contributed by atoms with van der Waals surface area (Å²) >= 11 is 7.60. The second kappa shape index (κ2) is 6.42. The van der Waals surface area contributed by atoms with Crippen LogP contribution in [-0.2, 0) is 10.0 Å².